The molecule has 3 rings (SSSR count). The Kier molecular flexibility index (Phi) is 4.13. The third-order valence-electron chi connectivity index (χ3n) is 3.96. The Morgan fingerprint density at radius 3 is 2.82 bits per heavy atom. The van der Waals surface area contributed by atoms with E-state index in [1.165, 1.54) is 0 Å². The third kappa shape index (κ3) is 3.13. The number of nitrogens with zero attached hydrogens (tertiary/aromatic N) is 2. The Labute approximate surface area is 129 Å². The highest BCUT2D eigenvalue weighted by Gasteiger charge is 2.45. The van der Waals surface area contributed by atoms with Gasteiger partial charge in [0.2, 0.25) is 0 Å². The van der Waals surface area contributed by atoms with Crippen LogP contribution >= 0.6 is 0 Å². The summed E-state index contributed by atoms with van der Waals surface area (Å²) in [5.74, 6) is 1.04. The minimum atomic E-state index is -0.0876. The van der Waals surface area contributed by atoms with E-state index in [1.54, 1.807) is 7.11 Å². The molecule has 2 aromatic rings. The van der Waals surface area contributed by atoms with E-state index in [0.29, 0.717) is 13.2 Å². The summed E-state index contributed by atoms with van der Waals surface area (Å²) in [5, 5.41) is 4.39. The van der Waals surface area contributed by atoms with E-state index in [4.69, 9.17) is 9.47 Å². The summed E-state index contributed by atoms with van der Waals surface area (Å²) in [6, 6.07) is 7.94. The molecular formula is C17H20N2O3. The fourth-order valence-electron chi connectivity index (χ4n) is 2.65. The molecule has 1 aromatic heterocycles. The fraction of sp³-hybridized carbons (Fsp3) is 0.412. The van der Waals surface area contributed by atoms with Gasteiger partial charge in [0, 0.05) is 12.1 Å². The van der Waals surface area contributed by atoms with Crippen LogP contribution in [0.25, 0.3) is 0 Å². The van der Waals surface area contributed by atoms with Crippen molar-refractivity contribution < 1.29 is 14.3 Å². The first kappa shape index (κ1) is 14.6. The summed E-state index contributed by atoms with van der Waals surface area (Å²) in [7, 11) is 1.66. The Balaban J connectivity index is 1.61. The van der Waals surface area contributed by atoms with Gasteiger partial charge in [-0.25, -0.2) is 0 Å². The van der Waals surface area contributed by atoms with Crippen molar-refractivity contribution in [2.24, 2.45) is 5.92 Å². The minimum absolute atomic E-state index is 0.0126. The lowest BCUT2D eigenvalue weighted by Gasteiger charge is -2.03. The van der Waals surface area contributed by atoms with E-state index in [-0.39, 0.29) is 17.8 Å². The SMILES string of the molecule is CCOC(=O)[C@H]1C[C@@H]1c1cnn(Cc2ccc(OC)cc2)c1. The molecule has 1 fully saturated rings. The number of methoxy groups -OCH3 is 1. The molecule has 0 radical (unpaired) electrons. The lowest BCUT2D eigenvalue weighted by molar-refractivity contribution is -0.144. The highest BCUT2D eigenvalue weighted by atomic mass is 16.5. The number of carbonyl (C=O) groups excluding carboxylic acids is 1. The van der Waals surface area contributed by atoms with Crippen molar-refractivity contribution in [3.63, 3.8) is 0 Å². The van der Waals surface area contributed by atoms with Crippen molar-refractivity contribution in [2.75, 3.05) is 13.7 Å². The maximum Gasteiger partial charge on any atom is 0.309 e. The topological polar surface area (TPSA) is 53.3 Å². The largest absolute Gasteiger partial charge is 0.497 e. The zero-order chi connectivity index (χ0) is 15.5. The van der Waals surface area contributed by atoms with Crippen LogP contribution in [-0.4, -0.2) is 29.5 Å². The minimum Gasteiger partial charge on any atom is -0.497 e. The summed E-state index contributed by atoms with van der Waals surface area (Å²) in [6.45, 7) is 2.99. The zero-order valence-electron chi connectivity index (χ0n) is 12.9. The predicted octanol–water partition coefficient (Wildman–Crippen LogP) is 2.61. The van der Waals surface area contributed by atoms with E-state index in [2.05, 4.69) is 5.10 Å². The van der Waals surface area contributed by atoms with Gasteiger partial charge in [-0.3, -0.25) is 9.48 Å². The van der Waals surface area contributed by atoms with Crippen molar-refractivity contribution in [1.82, 2.24) is 9.78 Å². The molecule has 0 amide bonds. The quantitative estimate of drug-likeness (QED) is 0.770. The second-order valence-corrected chi connectivity index (χ2v) is 5.52. The van der Waals surface area contributed by atoms with Crippen LogP contribution in [0.5, 0.6) is 5.75 Å². The van der Waals surface area contributed by atoms with Crippen LogP contribution < -0.4 is 4.74 Å². The maximum atomic E-state index is 11.7. The molecule has 22 heavy (non-hydrogen) atoms. The van der Waals surface area contributed by atoms with Gasteiger partial charge >= 0.3 is 5.97 Å². The number of hydrogen-bond donors (Lipinski definition) is 0. The van der Waals surface area contributed by atoms with Crippen molar-refractivity contribution in [2.45, 2.75) is 25.8 Å². The molecule has 5 heteroatoms. The van der Waals surface area contributed by atoms with Gasteiger partial charge in [-0.2, -0.15) is 5.10 Å². The highest BCUT2D eigenvalue weighted by molar-refractivity contribution is 5.77. The smallest absolute Gasteiger partial charge is 0.309 e. The Morgan fingerprint density at radius 1 is 1.36 bits per heavy atom. The van der Waals surface area contributed by atoms with Gasteiger partial charge < -0.3 is 9.47 Å². The standard InChI is InChI=1S/C17H20N2O3/c1-3-22-17(20)16-8-15(16)13-9-18-19(11-13)10-12-4-6-14(21-2)7-5-12/h4-7,9,11,15-16H,3,8,10H2,1-2H3/t15-,16+/m1/s1. The Bertz CT molecular complexity index is 648. The van der Waals surface area contributed by atoms with Crippen molar-refractivity contribution in [1.29, 1.82) is 0 Å². The average Bonchev–Trinajstić information content (AvgIpc) is 3.21. The second-order valence-electron chi connectivity index (χ2n) is 5.52. The van der Waals surface area contributed by atoms with Crippen molar-refractivity contribution in [3.05, 3.63) is 47.8 Å². The normalized spacial score (nSPS) is 19.7. The lowest BCUT2D eigenvalue weighted by Crippen LogP contribution is -2.07. The molecule has 1 saturated carbocycles. The number of rotatable bonds is 6. The first-order valence-electron chi connectivity index (χ1n) is 7.53. The highest BCUT2D eigenvalue weighted by Crippen LogP contribution is 2.48. The third-order valence-corrected chi connectivity index (χ3v) is 3.96. The molecule has 0 aliphatic heterocycles. The van der Waals surface area contributed by atoms with E-state index >= 15 is 0 Å². The number of carbonyl (C=O) groups is 1. The molecule has 116 valence electrons. The molecule has 1 aliphatic rings. The first-order valence-corrected chi connectivity index (χ1v) is 7.53. The van der Waals surface area contributed by atoms with Crippen LogP contribution in [0, 0.1) is 5.92 Å². The van der Waals surface area contributed by atoms with E-state index < -0.39 is 0 Å². The summed E-state index contributed by atoms with van der Waals surface area (Å²) in [4.78, 5) is 11.7. The van der Waals surface area contributed by atoms with Crippen LogP contribution in [0.4, 0.5) is 0 Å². The number of ether oxygens (including phenoxy) is 2. The second kappa shape index (κ2) is 6.22. The Hall–Kier alpha value is -2.30. The van der Waals surface area contributed by atoms with Gasteiger partial charge in [0.1, 0.15) is 5.75 Å². The molecule has 1 heterocycles. The van der Waals surface area contributed by atoms with Crippen LogP contribution in [-0.2, 0) is 16.1 Å². The zero-order valence-corrected chi connectivity index (χ0v) is 12.9. The van der Waals surface area contributed by atoms with Crippen molar-refractivity contribution >= 4 is 5.97 Å². The molecule has 0 N–H and O–H groups in total. The van der Waals surface area contributed by atoms with Gasteiger partial charge in [-0.1, -0.05) is 12.1 Å². The van der Waals surface area contributed by atoms with E-state index in [9.17, 15) is 4.79 Å². The van der Waals surface area contributed by atoms with Crippen LogP contribution in [0.3, 0.4) is 0 Å². The van der Waals surface area contributed by atoms with Gasteiger partial charge in [-0.05, 0) is 36.6 Å². The molecule has 2 atom stereocenters. The molecular weight excluding hydrogens is 280 g/mol. The van der Waals surface area contributed by atoms with E-state index in [0.717, 1.165) is 23.3 Å². The molecule has 1 aliphatic carbocycles. The van der Waals surface area contributed by atoms with Gasteiger partial charge in [0.25, 0.3) is 0 Å². The molecule has 1 aromatic carbocycles. The molecule has 0 bridgehead atoms. The predicted molar refractivity (Wildman–Crippen MR) is 81.8 cm³/mol. The number of esters is 1. The molecule has 0 spiro atoms. The number of hydrogen-bond acceptors (Lipinski definition) is 4. The average molecular weight is 300 g/mol. The van der Waals surface area contributed by atoms with Crippen molar-refractivity contribution in [3.8, 4) is 5.75 Å². The fourth-order valence-corrected chi connectivity index (χ4v) is 2.65. The summed E-state index contributed by atoms with van der Waals surface area (Å²) in [6.07, 6.45) is 4.74. The lowest BCUT2D eigenvalue weighted by atomic mass is 10.2. The number of benzene rings is 1. The van der Waals surface area contributed by atoms with Crippen LogP contribution in [0.15, 0.2) is 36.7 Å². The Morgan fingerprint density at radius 2 is 2.14 bits per heavy atom. The summed E-state index contributed by atoms with van der Waals surface area (Å²) >= 11 is 0. The molecule has 5 nitrogen and oxygen atoms in total. The van der Waals surface area contributed by atoms with Gasteiger partial charge in [-0.15, -0.1) is 0 Å². The summed E-state index contributed by atoms with van der Waals surface area (Å²) < 4.78 is 12.1. The first-order chi connectivity index (χ1) is 10.7. The van der Waals surface area contributed by atoms with Crippen LogP contribution in [0.2, 0.25) is 0 Å². The number of aromatic nitrogens is 2. The van der Waals surface area contributed by atoms with Gasteiger partial charge in [0.05, 0.1) is 32.4 Å². The molecule has 0 saturated heterocycles. The molecule has 0 unspecified atom stereocenters. The van der Waals surface area contributed by atoms with Crippen LogP contribution in [0.1, 0.15) is 30.4 Å². The van der Waals surface area contributed by atoms with E-state index in [1.807, 2.05) is 48.3 Å². The summed E-state index contributed by atoms with van der Waals surface area (Å²) in [5.41, 5.74) is 2.28. The monoisotopic (exact) mass is 300 g/mol. The maximum absolute atomic E-state index is 11.7. The van der Waals surface area contributed by atoms with Gasteiger partial charge in [0.15, 0.2) is 0 Å².